The number of thiocarbonyl (C=S) groups is 1. The molecular weight excluding hydrogens is 416 g/mol. The lowest BCUT2D eigenvalue weighted by Crippen LogP contribution is -2.29. The molecule has 0 spiro atoms. The monoisotopic (exact) mass is 440 g/mol. The van der Waals surface area contributed by atoms with E-state index in [-0.39, 0.29) is 12.1 Å². The van der Waals surface area contributed by atoms with Crippen molar-refractivity contribution in [1.82, 2.24) is 29.7 Å². The standard InChI is InChI=1S/C25H24N6S/c1-17-15-20(18(2)31(17)22-8-4-6-12-28-22)24-23(21-7-3-5-11-27-21)29-25(32)30(24)16-19-9-13-26-14-10-19/h3-15,23-24H,16H2,1-2H3,(H,29,32)/t23-,24-/m1/s1. The number of nitrogens with one attached hydrogen (secondary N) is 1. The summed E-state index contributed by atoms with van der Waals surface area (Å²) >= 11 is 5.82. The van der Waals surface area contributed by atoms with E-state index in [4.69, 9.17) is 12.2 Å². The minimum absolute atomic E-state index is 0.00534. The number of nitrogens with zero attached hydrogens (tertiary/aromatic N) is 5. The third-order valence-electron chi connectivity index (χ3n) is 5.97. The molecule has 0 amide bonds. The van der Waals surface area contributed by atoms with Crippen molar-refractivity contribution in [3.63, 3.8) is 0 Å². The van der Waals surface area contributed by atoms with Crippen molar-refractivity contribution >= 4 is 17.3 Å². The summed E-state index contributed by atoms with van der Waals surface area (Å²) in [5.74, 6) is 0.914. The Balaban J connectivity index is 1.62. The van der Waals surface area contributed by atoms with Crippen LogP contribution in [0, 0.1) is 13.8 Å². The number of pyridine rings is 3. The van der Waals surface area contributed by atoms with Gasteiger partial charge in [0.15, 0.2) is 5.11 Å². The molecule has 1 saturated heterocycles. The number of aromatic nitrogens is 4. The number of hydrogen-bond acceptors (Lipinski definition) is 4. The van der Waals surface area contributed by atoms with Crippen LogP contribution < -0.4 is 5.32 Å². The lowest BCUT2D eigenvalue weighted by molar-refractivity contribution is 0.310. The zero-order valence-corrected chi connectivity index (χ0v) is 18.8. The van der Waals surface area contributed by atoms with Gasteiger partial charge in [0.05, 0.1) is 17.8 Å². The summed E-state index contributed by atoms with van der Waals surface area (Å²) in [6.07, 6.45) is 7.30. The van der Waals surface area contributed by atoms with E-state index in [1.54, 1.807) is 0 Å². The van der Waals surface area contributed by atoms with E-state index in [2.05, 4.69) is 55.7 Å². The van der Waals surface area contributed by atoms with Crippen molar-refractivity contribution in [1.29, 1.82) is 0 Å². The van der Waals surface area contributed by atoms with Crippen LogP contribution in [-0.4, -0.2) is 29.5 Å². The van der Waals surface area contributed by atoms with Crippen molar-refractivity contribution in [2.24, 2.45) is 0 Å². The van der Waals surface area contributed by atoms with Crippen molar-refractivity contribution < 1.29 is 0 Å². The summed E-state index contributed by atoms with van der Waals surface area (Å²) in [6.45, 7) is 4.96. The summed E-state index contributed by atoms with van der Waals surface area (Å²) in [5.41, 5.74) is 5.63. The molecular formula is C25H24N6S. The van der Waals surface area contributed by atoms with Gasteiger partial charge in [0.1, 0.15) is 5.82 Å². The lowest BCUT2D eigenvalue weighted by Gasteiger charge is -2.28. The molecule has 0 unspecified atom stereocenters. The normalized spacial score (nSPS) is 18.1. The van der Waals surface area contributed by atoms with Crippen LogP contribution in [0.2, 0.25) is 0 Å². The third-order valence-corrected chi connectivity index (χ3v) is 6.32. The minimum atomic E-state index is -0.0526. The van der Waals surface area contributed by atoms with Crippen LogP contribution in [0.25, 0.3) is 5.82 Å². The fourth-order valence-corrected chi connectivity index (χ4v) is 4.83. The molecule has 0 bridgehead atoms. The van der Waals surface area contributed by atoms with Gasteiger partial charge in [-0.2, -0.15) is 0 Å². The second-order valence-electron chi connectivity index (χ2n) is 7.96. The van der Waals surface area contributed by atoms with Crippen LogP contribution >= 0.6 is 12.2 Å². The molecule has 5 heterocycles. The van der Waals surface area contributed by atoms with E-state index < -0.39 is 0 Å². The molecule has 1 aliphatic rings. The summed E-state index contributed by atoms with van der Waals surface area (Å²) in [4.78, 5) is 15.6. The quantitative estimate of drug-likeness (QED) is 0.463. The molecule has 4 aromatic rings. The Morgan fingerprint density at radius 1 is 0.938 bits per heavy atom. The highest BCUT2D eigenvalue weighted by Crippen LogP contribution is 2.41. The van der Waals surface area contributed by atoms with Crippen molar-refractivity contribution in [3.8, 4) is 5.82 Å². The first-order chi connectivity index (χ1) is 15.6. The minimum Gasteiger partial charge on any atom is -0.352 e. The first kappa shape index (κ1) is 20.3. The highest BCUT2D eigenvalue weighted by Gasteiger charge is 2.41. The molecule has 32 heavy (non-hydrogen) atoms. The molecule has 0 aromatic carbocycles. The second kappa shape index (κ2) is 8.51. The van der Waals surface area contributed by atoms with Crippen LogP contribution in [-0.2, 0) is 6.54 Å². The molecule has 1 N–H and O–H groups in total. The van der Waals surface area contributed by atoms with E-state index in [0.717, 1.165) is 33.6 Å². The number of rotatable bonds is 5. The van der Waals surface area contributed by atoms with Gasteiger partial charge in [-0.3, -0.25) is 9.97 Å². The SMILES string of the molecule is Cc1cc([C@@H]2[C@@H](c3ccccn3)NC(=S)N2Cc2ccncc2)c(C)n1-c1ccccn1. The third kappa shape index (κ3) is 3.65. The van der Waals surface area contributed by atoms with Gasteiger partial charge in [0, 0.05) is 42.7 Å². The summed E-state index contributed by atoms with van der Waals surface area (Å²) in [7, 11) is 0. The Bertz CT molecular complexity index is 1220. The van der Waals surface area contributed by atoms with E-state index in [9.17, 15) is 0 Å². The zero-order chi connectivity index (χ0) is 22.1. The molecule has 1 fully saturated rings. The van der Waals surface area contributed by atoms with Gasteiger partial charge in [-0.05, 0) is 79.7 Å². The first-order valence-corrected chi connectivity index (χ1v) is 11.0. The van der Waals surface area contributed by atoms with E-state index in [0.29, 0.717) is 6.54 Å². The fourth-order valence-electron chi connectivity index (χ4n) is 4.52. The summed E-state index contributed by atoms with van der Waals surface area (Å²) in [6, 6.07) is 18.3. The highest BCUT2D eigenvalue weighted by molar-refractivity contribution is 7.80. The Morgan fingerprint density at radius 3 is 2.38 bits per heavy atom. The number of aryl methyl sites for hydroxylation is 1. The van der Waals surface area contributed by atoms with Gasteiger partial charge in [-0.15, -0.1) is 0 Å². The van der Waals surface area contributed by atoms with Gasteiger partial charge in [0.2, 0.25) is 0 Å². The van der Waals surface area contributed by atoms with Gasteiger partial charge in [-0.1, -0.05) is 12.1 Å². The maximum Gasteiger partial charge on any atom is 0.170 e. The average molecular weight is 441 g/mol. The van der Waals surface area contributed by atoms with E-state index in [1.165, 1.54) is 5.56 Å². The molecule has 5 rings (SSSR count). The molecule has 0 aliphatic carbocycles. The van der Waals surface area contributed by atoms with Crippen molar-refractivity contribution in [2.75, 3.05) is 0 Å². The molecule has 4 aromatic heterocycles. The molecule has 160 valence electrons. The Hall–Kier alpha value is -3.58. The van der Waals surface area contributed by atoms with Crippen molar-refractivity contribution in [3.05, 3.63) is 108 Å². The molecule has 0 saturated carbocycles. The molecule has 0 radical (unpaired) electrons. The number of hydrogen-bond donors (Lipinski definition) is 1. The van der Waals surface area contributed by atoms with Gasteiger partial charge in [-0.25, -0.2) is 4.98 Å². The largest absolute Gasteiger partial charge is 0.352 e. The predicted octanol–water partition coefficient (Wildman–Crippen LogP) is 4.45. The smallest absolute Gasteiger partial charge is 0.170 e. The Labute approximate surface area is 193 Å². The van der Waals surface area contributed by atoms with Crippen LogP contribution in [0.1, 0.15) is 40.3 Å². The lowest BCUT2D eigenvalue weighted by atomic mass is 9.96. The van der Waals surface area contributed by atoms with Crippen LogP contribution in [0.4, 0.5) is 0 Å². The molecule has 2 atom stereocenters. The average Bonchev–Trinajstić information content (AvgIpc) is 3.30. The maximum atomic E-state index is 5.82. The molecule has 1 aliphatic heterocycles. The Kier molecular flexibility index (Phi) is 5.41. The molecule has 7 heteroatoms. The predicted molar refractivity (Wildman–Crippen MR) is 128 cm³/mol. The van der Waals surface area contributed by atoms with Crippen molar-refractivity contribution in [2.45, 2.75) is 32.5 Å². The van der Waals surface area contributed by atoms with E-state index in [1.807, 2.05) is 67.3 Å². The topological polar surface area (TPSA) is 58.9 Å². The molecule has 6 nitrogen and oxygen atoms in total. The maximum absolute atomic E-state index is 5.82. The zero-order valence-electron chi connectivity index (χ0n) is 18.0. The van der Waals surface area contributed by atoms with Gasteiger partial charge >= 0.3 is 0 Å². The Morgan fingerprint density at radius 2 is 1.69 bits per heavy atom. The van der Waals surface area contributed by atoms with Crippen LogP contribution in [0.3, 0.4) is 0 Å². The second-order valence-corrected chi connectivity index (χ2v) is 8.35. The van der Waals surface area contributed by atoms with Crippen LogP contribution in [0.5, 0.6) is 0 Å². The van der Waals surface area contributed by atoms with Crippen LogP contribution in [0.15, 0.2) is 79.4 Å². The van der Waals surface area contributed by atoms with Gasteiger partial charge < -0.3 is 14.8 Å². The summed E-state index contributed by atoms with van der Waals surface area (Å²) in [5, 5.41) is 4.27. The van der Waals surface area contributed by atoms with E-state index >= 15 is 0 Å². The first-order valence-electron chi connectivity index (χ1n) is 10.6. The fraction of sp³-hybridized carbons (Fsp3) is 0.200. The summed E-state index contributed by atoms with van der Waals surface area (Å²) < 4.78 is 2.21. The van der Waals surface area contributed by atoms with Gasteiger partial charge in [0.25, 0.3) is 0 Å². The highest BCUT2D eigenvalue weighted by atomic mass is 32.1.